The summed E-state index contributed by atoms with van der Waals surface area (Å²) in [7, 11) is 1.57. The van der Waals surface area contributed by atoms with Crippen molar-refractivity contribution in [3.8, 4) is 10.7 Å². The predicted molar refractivity (Wildman–Crippen MR) is 101 cm³/mol. The Bertz CT molecular complexity index is 764. The molecule has 0 aliphatic carbocycles. The summed E-state index contributed by atoms with van der Waals surface area (Å²) in [5, 5.41) is 14.4. The maximum absolute atomic E-state index is 12.3. The first-order valence-corrected chi connectivity index (χ1v) is 9.41. The van der Waals surface area contributed by atoms with E-state index in [-0.39, 0.29) is 18.2 Å². The van der Waals surface area contributed by atoms with Gasteiger partial charge in [0.05, 0.1) is 4.88 Å². The lowest BCUT2D eigenvalue weighted by molar-refractivity contribution is -0.129. The first kappa shape index (κ1) is 19.3. The maximum Gasteiger partial charge on any atom is 0.242 e. The quantitative estimate of drug-likeness (QED) is 0.612. The Morgan fingerprint density at radius 3 is 2.80 bits per heavy atom. The number of hydrogen-bond donors (Lipinski definition) is 3. The molecule has 9 heteroatoms. The lowest BCUT2D eigenvalue weighted by Crippen LogP contribution is -2.46. The monoisotopic (exact) mass is 381 g/mol. The van der Waals surface area contributed by atoms with Gasteiger partial charge in [-0.25, -0.2) is 0 Å². The van der Waals surface area contributed by atoms with Crippen LogP contribution in [0.4, 0.5) is 0 Å². The van der Waals surface area contributed by atoms with Gasteiger partial charge in [0.1, 0.15) is 6.04 Å². The molecule has 1 unspecified atom stereocenters. The smallest absolute Gasteiger partial charge is 0.242 e. The van der Waals surface area contributed by atoms with Crippen LogP contribution >= 0.6 is 23.6 Å². The van der Waals surface area contributed by atoms with E-state index in [1.807, 2.05) is 31.4 Å². The van der Waals surface area contributed by atoms with Gasteiger partial charge in [0, 0.05) is 20.0 Å². The molecule has 3 N–H and O–H groups in total. The highest BCUT2D eigenvalue weighted by molar-refractivity contribution is 7.71. The second-order valence-corrected chi connectivity index (χ2v) is 7.43. The van der Waals surface area contributed by atoms with Gasteiger partial charge in [-0.05, 0) is 36.0 Å². The molecule has 2 heterocycles. The molecule has 0 saturated carbocycles. The van der Waals surface area contributed by atoms with E-state index in [9.17, 15) is 9.59 Å². The van der Waals surface area contributed by atoms with Crippen LogP contribution in [0.25, 0.3) is 10.7 Å². The third-order valence-corrected chi connectivity index (χ3v) is 4.84. The van der Waals surface area contributed by atoms with Gasteiger partial charge in [-0.1, -0.05) is 19.9 Å². The molecule has 0 aliphatic rings. The zero-order chi connectivity index (χ0) is 18.4. The molecule has 2 aromatic heterocycles. The second kappa shape index (κ2) is 8.91. The van der Waals surface area contributed by atoms with Crippen LogP contribution in [0.2, 0.25) is 0 Å². The Kier molecular flexibility index (Phi) is 6.89. The van der Waals surface area contributed by atoms with Crippen LogP contribution in [0.5, 0.6) is 0 Å². The highest BCUT2D eigenvalue weighted by Gasteiger charge is 2.21. The Morgan fingerprint density at radius 2 is 2.20 bits per heavy atom. The van der Waals surface area contributed by atoms with E-state index in [1.165, 1.54) is 0 Å². The predicted octanol–water partition coefficient (Wildman–Crippen LogP) is 2.34. The van der Waals surface area contributed by atoms with Crippen molar-refractivity contribution >= 4 is 35.4 Å². The Hall–Kier alpha value is -2.00. The van der Waals surface area contributed by atoms with Gasteiger partial charge in [-0.15, -0.1) is 11.3 Å². The fourth-order valence-corrected chi connectivity index (χ4v) is 3.42. The summed E-state index contributed by atoms with van der Waals surface area (Å²) in [6.07, 6.45) is 0.814. The standard InChI is InChI=1S/C16H23N5O2S2/c1-10(2)9-11(15(23)17-3)18-13(22)6-7-21-14(19-20-16(21)24)12-5-4-8-25-12/h4-5,8,10-11H,6-7,9H2,1-3H3,(H,17,23)(H,18,22)(H,20,24). The summed E-state index contributed by atoms with van der Waals surface area (Å²) in [4.78, 5) is 25.2. The van der Waals surface area contributed by atoms with Gasteiger partial charge in [-0.3, -0.25) is 19.3 Å². The molecular formula is C16H23N5O2S2. The largest absolute Gasteiger partial charge is 0.357 e. The molecule has 2 rings (SSSR count). The Balaban J connectivity index is 2.01. The number of carbonyl (C=O) groups is 2. The molecule has 2 aromatic rings. The summed E-state index contributed by atoms with van der Waals surface area (Å²) in [6, 6.07) is 3.37. The van der Waals surface area contributed by atoms with E-state index in [2.05, 4.69) is 20.8 Å². The lowest BCUT2D eigenvalue weighted by atomic mass is 10.0. The third-order valence-electron chi connectivity index (χ3n) is 3.67. The average molecular weight is 382 g/mol. The van der Waals surface area contributed by atoms with Crippen molar-refractivity contribution in [3.63, 3.8) is 0 Å². The van der Waals surface area contributed by atoms with E-state index < -0.39 is 6.04 Å². The van der Waals surface area contributed by atoms with Crippen LogP contribution in [0.1, 0.15) is 26.7 Å². The van der Waals surface area contributed by atoms with E-state index in [1.54, 1.807) is 23.0 Å². The van der Waals surface area contributed by atoms with Crippen molar-refractivity contribution in [2.75, 3.05) is 7.05 Å². The van der Waals surface area contributed by atoms with Gasteiger partial charge < -0.3 is 10.6 Å². The van der Waals surface area contributed by atoms with Crippen LogP contribution in [0.15, 0.2) is 17.5 Å². The minimum atomic E-state index is -0.522. The van der Waals surface area contributed by atoms with Crippen molar-refractivity contribution < 1.29 is 9.59 Å². The van der Waals surface area contributed by atoms with E-state index in [0.717, 1.165) is 10.7 Å². The molecule has 0 radical (unpaired) electrons. The molecule has 136 valence electrons. The molecule has 7 nitrogen and oxygen atoms in total. The van der Waals surface area contributed by atoms with Crippen molar-refractivity contribution in [2.45, 2.75) is 39.3 Å². The highest BCUT2D eigenvalue weighted by atomic mass is 32.1. The number of thiophene rings is 1. The number of aromatic nitrogens is 3. The van der Waals surface area contributed by atoms with Gasteiger partial charge in [0.25, 0.3) is 0 Å². The lowest BCUT2D eigenvalue weighted by Gasteiger charge is -2.19. The first-order chi connectivity index (χ1) is 11.9. The fraction of sp³-hybridized carbons (Fsp3) is 0.500. The number of nitrogens with zero attached hydrogens (tertiary/aromatic N) is 2. The number of likely N-dealkylation sites (N-methyl/N-ethyl adjacent to an activating group) is 1. The van der Waals surface area contributed by atoms with E-state index in [0.29, 0.717) is 23.7 Å². The normalized spacial score (nSPS) is 12.2. The summed E-state index contributed by atoms with van der Waals surface area (Å²) in [6.45, 7) is 4.43. The number of amides is 2. The molecule has 25 heavy (non-hydrogen) atoms. The molecule has 0 bridgehead atoms. The maximum atomic E-state index is 12.3. The highest BCUT2D eigenvalue weighted by Crippen LogP contribution is 2.22. The zero-order valence-electron chi connectivity index (χ0n) is 14.5. The summed E-state index contributed by atoms with van der Waals surface area (Å²) in [5.74, 6) is 0.657. The van der Waals surface area contributed by atoms with Crippen molar-refractivity contribution in [3.05, 3.63) is 22.3 Å². The third kappa shape index (κ3) is 5.23. The van der Waals surface area contributed by atoms with Crippen LogP contribution in [-0.2, 0) is 16.1 Å². The van der Waals surface area contributed by atoms with Crippen LogP contribution < -0.4 is 10.6 Å². The number of H-pyrrole nitrogens is 1. The molecule has 2 amide bonds. The number of rotatable bonds is 8. The summed E-state index contributed by atoms with van der Waals surface area (Å²) in [5.41, 5.74) is 0. The summed E-state index contributed by atoms with van der Waals surface area (Å²) >= 11 is 6.82. The zero-order valence-corrected chi connectivity index (χ0v) is 16.2. The Labute approximate surface area is 155 Å². The number of nitrogens with one attached hydrogen (secondary N) is 3. The average Bonchev–Trinajstić information content (AvgIpc) is 3.20. The topological polar surface area (TPSA) is 91.8 Å². The molecular weight excluding hydrogens is 358 g/mol. The van der Waals surface area contributed by atoms with E-state index in [4.69, 9.17) is 12.2 Å². The SMILES string of the molecule is CNC(=O)C(CC(C)C)NC(=O)CCn1c(-c2cccs2)n[nH]c1=S. The molecule has 0 spiro atoms. The van der Waals surface area contributed by atoms with Crippen molar-refractivity contribution in [1.29, 1.82) is 0 Å². The number of hydrogen-bond acceptors (Lipinski definition) is 5. The molecule has 0 aliphatic heterocycles. The molecule has 0 aromatic carbocycles. The second-order valence-electron chi connectivity index (χ2n) is 6.10. The number of carbonyl (C=O) groups excluding carboxylic acids is 2. The summed E-state index contributed by atoms with van der Waals surface area (Å²) < 4.78 is 2.28. The van der Waals surface area contributed by atoms with Crippen LogP contribution in [0, 0.1) is 10.7 Å². The fourth-order valence-electron chi connectivity index (χ4n) is 2.48. The first-order valence-electron chi connectivity index (χ1n) is 8.12. The molecule has 1 atom stereocenters. The van der Waals surface area contributed by atoms with Gasteiger partial charge in [-0.2, -0.15) is 5.10 Å². The minimum absolute atomic E-state index is 0.179. The van der Waals surface area contributed by atoms with Gasteiger partial charge >= 0.3 is 0 Å². The van der Waals surface area contributed by atoms with E-state index >= 15 is 0 Å². The molecule has 0 fully saturated rings. The van der Waals surface area contributed by atoms with Crippen LogP contribution in [0.3, 0.4) is 0 Å². The minimum Gasteiger partial charge on any atom is -0.357 e. The van der Waals surface area contributed by atoms with Crippen molar-refractivity contribution in [1.82, 2.24) is 25.4 Å². The Morgan fingerprint density at radius 1 is 1.44 bits per heavy atom. The van der Waals surface area contributed by atoms with Crippen LogP contribution in [-0.4, -0.2) is 39.7 Å². The van der Waals surface area contributed by atoms with Gasteiger partial charge in [0.2, 0.25) is 11.8 Å². The molecule has 0 saturated heterocycles. The number of aromatic amines is 1. The van der Waals surface area contributed by atoms with Crippen molar-refractivity contribution in [2.24, 2.45) is 5.92 Å². The van der Waals surface area contributed by atoms with Gasteiger partial charge in [0.15, 0.2) is 10.6 Å².